The first-order chi connectivity index (χ1) is 6.60. The Bertz CT molecular complexity index is 367. The highest BCUT2D eigenvalue weighted by atomic mass is 32.1. The SMILES string of the molecule is CC(C)(C)c1cc(=[OH+])cc(C(C)(C)C)s1. The fraction of sp³-hybridized carbons (Fsp3) is 0.615. The van der Waals surface area contributed by atoms with Gasteiger partial charge in [-0.05, 0) is 10.8 Å². The van der Waals surface area contributed by atoms with Gasteiger partial charge in [0.05, 0.1) is 12.1 Å². The van der Waals surface area contributed by atoms with Crippen molar-refractivity contribution in [3.8, 4) is 0 Å². The Labute approximate surface area is 96.2 Å². The summed E-state index contributed by atoms with van der Waals surface area (Å²) in [5.74, 6) is 0. The summed E-state index contributed by atoms with van der Waals surface area (Å²) in [6.07, 6.45) is 0. The molecule has 0 saturated carbocycles. The molecule has 0 fully saturated rings. The molecule has 0 unspecified atom stereocenters. The second kappa shape index (κ2) is 3.75. The van der Waals surface area contributed by atoms with Crippen LogP contribution in [0.25, 0.3) is 0 Å². The van der Waals surface area contributed by atoms with Gasteiger partial charge < -0.3 is 0 Å². The van der Waals surface area contributed by atoms with E-state index in [-0.39, 0.29) is 10.8 Å². The summed E-state index contributed by atoms with van der Waals surface area (Å²) in [4.78, 5) is 12.2. The molecule has 0 aliphatic rings. The number of rotatable bonds is 0. The van der Waals surface area contributed by atoms with Crippen LogP contribution in [0.5, 0.6) is 0 Å². The normalized spacial score (nSPS) is 12.9. The monoisotopic (exact) mass is 225 g/mol. The van der Waals surface area contributed by atoms with Crippen molar-refractivity contribution in [2.45, 2.75) is 52.4 Å². The number of hydrogen-bond donors (Lipinski definition) is 0. The van der Waals surface area contributed by atoms with Gasteiger partial charge in [0.1, 0.15) is 0 Å². The first-order valence-electron chi connectivity index (χ1n) is 5.29. The van der Waals surface area contributed by atoms with Crippen LogP contribution >= 0.6 is 11.3 Å². The number of hydrogen-bond acceptors (Lipinski definition) is 1. The molecule has 1 aromatic rings. The zero-order chi connectivity index (χ0) is 11.9. The van der Waals surface area contributed by atoms with Crippen LogP contribution in [-0.2, 0) is 10.8 Å². The summed E-state index contributed by atoms with van der Waals surface area (Å²) in [6.45, 7) is 13.0. The lowest BCUT2D eigenvalue weighted by Crippen LogP contribution is -2.18. The van der Waals surface area contributed by atoms with Gasteiger partial charge in [-0.2, -0.15) is 0 Å². The van der Waals surface area contributed by atoms with E-state index in [1.54, 1.807) is 11.3 Å². The Hall–Kier alpha value is -0.630. The summed E-state index contributed by atoms with van der Waals surface area (Å²) in [5, 5.41) is 0. The molecule has 2 heteroatoms. The molecular weight excluding hydrogens is 204 g/mol. The van der Waals surface area contributed by atoms with Crippen LogP contribution in [-0.4, -0.2) is 4.79 Å². The largest absolute Gasteiger partial charge is 0.342 e. The van der Waals surface area contributed by atoms with E-state index in [4.69, 9.17) is 0 Å². The topological polar surface area (TPSA) is 21.4 Å². The van der Waals surface area contributed by atoms with E-state index >= 15 is 0 Å². The predicted octanol–water partition coefficient (Wildman–Crippen LogP) is 3.35. The molecule has 1 rings (SSSR count). The minimum Gasteiger partial charge on any atom is -0.274 e. The molecule has 1 heterocycles. The van der Waals surface area contributed by atoms with E-state index < -0.39 is 0 Å². The van der Waals surface area contributed by atoms with Gasteiger partial charge in [-0.3, -0.25) is 4.79 Å². The van der Waals surface area contributed by atoms with E-state index in [1.165, 1.54) is 9.75 Å². The smallest absolute Gasteiger partial charge is 0.274 e. The predicted molar refractivity (Wildman–Crippen MR) is 66.8 cm³/mol. The van der Waals surface area contributed by atoms with Crippen molar-refractivity contribution >= 4 is 11.3 Å². The second-order valence-corrected chi connectivity index (χ2v) is 7.13. The minimum atomic E-state index is 0.101. The Morgan fingerprint density at radius 3 is 1.47 bits per heavy atom. The molecule has 1 aromatic heterocycles. The van der Waals surface area contributed by atoms with Crippen LogP contribution in [0.3, 0.4) is 0 Å². The summed E-state index contributed by atoms with van der Waals surface area (Å²) < 4.78 is 0. The van der Waals surface area contributed by atoms with Crippen molar-refractivity contribution in [3.05, 3.63) is 27.3 Å². The van der Waals surface area contributed by atoms with Crippen LogP contribution in [0.15, 0.2) is 12.1 Å². The maximum Gasteiger partial charge on any atom is 0.342 e. The van der Waals surface area contributed by atoms with Gasteiger partial charge in [-0.15, -0.1) is 11.3 Å². The lowest BCUT2D eigenvalue weighted by molar-refractivity contribution is 0.553. The van der Waals surface area contributed by atoms with Crippen molar-refractivity contribution in [2.24, 2.45) is 0 Å². The van der Waals surface area contributed by atoms with Crippen molar-refractivity contribution in [1.82, 2.24) is 0 Å². The molecule has 0 amide bonds. The quantitative estimate of drug-likeness (QED) is 0.604. The first-order valence-corrected chi connectivity index (χ1v) is 6.10. The van der Waals surface area contributed by atoms with Crippen LogP contribution in [0, 0.1) is 0 Å². The zero-order valence-corrected chi connectivity index (χ0v) is 11.3. The lowest BCUT2D eigenvalue weighted by atomic mass is 9.93. The molecule has 15 heavy (non-hydrogen) atoms. The van der Waals surface area contributed by atoms with Gasteiger partial charge in [-0.1, -0.05) is 41.5 Å². The van der Waals surface area contributed by atoms with Gasteiger partial charge in [0, 0.05) is 9.75 Å². The fourth-order valence-electron chi connectivity index (χ4n) is 1.23. The van der Waals surface area contributed by atoms with E-state index in [2.05, 4.69) is 41.5 Å². The van der Waals surface area contributed by atoms with E-state index in [0.717, 1.165) is 0 Å². The summed E-state index contributed by atoms with van der Waals surface area (Å²) in [6, 6.07) is 3.75. The Morgan fingerprint density at radius 1 is 0.867 bits per heavy atom. The van der Waals surface area contributed by atoms with Gasteiger partial charge >= 0.3 is 5.43 Å². The van der Waals surface area contributed by atoms with Gasteiger partial charge in [-0.25, -0.2) is 0 Å². The highest BCUT2D eigenvalue weighted by molar-refractivity contribution is 7.11. The molecule has 0 aliphatic carbocycles. The average Bonchev–Trinajstić information content (AvgIpc) is 1.99. The lowest BCUT2D eigenvalue weighted by Gasteiger charge is -2.22. The van der Waals surface area contributed by atoms with Crippen LogP contribution < -0.4 is 5.43 Å². The van der Waals surface area contributed by atoms with E-state index in [1.807, 2.05) is 12.1 Å². The Kier molecular flexibility index (Phi) is 3.11. The molecule has 0 saturated heterocycles. The molecule has 1 N–H and O–H groups in total. The highest BCUT2D eigenvalue weighted by Crippen LogP contribution is 2.32. The van der Waals surface area contributed by atoms with Crippen molar-refractivity contribution in [2.75, 3.05) is 0 Å². The average molecular weight is 225 g/mol. The van der Waals surface area contributed by atoms with Gasteiger partial charge in [0.25, 0.3) is 0 Å². The molecule has 0 aliphatic heterocycles. The van der Waals surface area contributed by atoms with Crippen LogP contribution in [0.4, 0.5) is 0 Å². The molecule has 0 radical (unpaired) electrons. The van der Waals surface area contributed by atoms with Crippen molar-refractivity contribution in [3.63, 3.8) is 0 Å². The highest BCUT2D eigenvalue weighted by Gasteiger charge is 2.22. The summed E-state index contributed by atoms with van der Waals surface area (Å²) in [7, 11) is 0. The Morgan fingerprint density at radius 2 is 1.20 bits per heavy atom. The minimum absolute atomic E-state index is 0.101. The first kappa shape index (κ1) is 12.4. The summed E-state index contributed by atoms with van der Waals surface area (Å²) in [5.41, 5.74) is 0.580. The third-order valence-electron chi connectivity index (χ3n) is 2.26. The molecule has 1 nitrogen and oxygen atoms in total. The third kappa shape index (κ3) is 3.16. The molecular formula is C13H21OS+. The van der Waals surface area contributed by atoms with Gasteiger partial charge in [0.2, 0.25) is 0 Å². The Balaban J connectivity index is 3.36. The van der Waals surface area contributed by atoms with Crippen LogP contribution in [0.1, 0.15) is 51.3 Å². The molecule has 0 bridgehead atoms. The second-order valence-electron chi connectivity index (χ2n) is 6.04. The third-order valence-corrected chi connectivity index (χ3v) is 4.16. The maximum absolute atomic E-state index is 9.73. The standard InChI is InChI=1S/C13H20OS/c1-12(2,3)10-7-9(14)8-11(15-10)13(4,5)6/h7-8H,1-6H3/p+1. The maximum atomic E-state index is 9.73. The molecule has 84 valence electrons. The fourth-order valence-corrected chi connectivity index (χ4v) is 2.44. The van der Waals surface area contributed by atoms with Crippen LogP contribution in [0.2, 0.25) is 0 Å². The van der Waals surface area contributed by atoms with Crippen molar-refractivity contribution < 1.29 is 4.79 Å². The van der Waals surface area contributed by atoms with E-state index in [9.17, 15) is 4.79 Å². The molecule has 0 atom stereocenters. The van der Waals surface area contributed by atoms with Crippen molar-refractivity contribution in [1.29, 1.82) is 0 Å². The van der Waals surface area contributed by atoms with E-state index in [0.29, 0.717) is 5.43 Å². The summed E-state index contributed by atoms with van der Waals surface area (Å²) >= 11 is 1.79. The zero-order valence-electron chi connectivity index (χ0n) is 10.5. The van der Waals surface area contributed by atoms with Gasteiger partial charge in [0.15, 0.2) is 0 Å². The molecule has 0 aromatic carbocycles. The molecule has 0 spiro atoms.